The zero-order valence-electron chi connectivity index (χ0n) is 10.2. The molecule has 0 aromatic heterocycles. The zero-order chi connectivity index (χ0) is 13.8. The molecule has 1 aromatic rings. The maximum Gasteiger partial charge on any atom is 0.232 e. The van der Waals surface area contributed by atoms with E-state index in [1.807, 2.05) is 0 Å². The van der Waals surface area contributed by atoms with Crippen LogP contribution in [0.25, 0.3) is 0 Å². The van der Waals surface area contributed by atoms with Crippen molar-refractivity contribution in [3.05, 3.63) is 24.3 Å². The van der Waals surface area contributed by atoms with Gasteiger partial charge in [-0.15, -0.1) is 0 Å². The molecule has 0 radical (unpaired) electrons. The van der Waals surface area contributed by atoms with E-state index in [4.69, 9.17) is 0 Å². The van der Waals surface area contributed by atoms with Gasteiger partial charge in [0.2, 0.25) is 20.0 Å². The molecule has 1 rings (SSSR count). The lowest BCUT2D eigenvalue weighted by molar-refractivity contribution is 0.601. The molecule has 0 aliphatic heterocycles. The van der Waals surface area contributed by atoms with E-state index < -0.39 is 20.0 Å². The quantitative estimate of drug-likeness (QED) is 0.824. The normalized spacial score (nSPS) is 12.1. The minimum absolute atomic E-state index is 0.0437. The third kappa shape index (κ3) is 4.53. The summed E-state index contributed by atoms with van der Waals surface area (Å²) in [5.41, 5.74) is 0.654. The molecule has 102 valence electrons. The van der Waals surface area contributed by atoms with E-state index in [2.05, 4.69) is 9.44 Å². The number of benzene rings is 1. The lowest BCUT2D eigenvalue weighted by atomic mass is 10.3. The van der Waals surface area contributed by atoms with Crippen LogP contribution in [0.4, 0.5) is 11.4 Å². The fraction of sp³-hybridized carbons (Fsp3) is 0.400. The van der Waals surface area contributed by atoms with Crippen LogP contribution in [-0.4, -0.2) is 28.3 Å². The predicted octanol–water partition coefficient (Wildman–Crippen LogP) is 1.21. The van der Waals surface area contributed by atoms with Crippen LogP contribution in [0.1, 0.15) is 13.8 Å². The molecule has 0 aliphatic carbocycles. The Morgan fingerprint density at radius 2 is 1.28 bits per heavy atom. The number of rotatable bonds is 6. The smallest absolute Gasteiger partial charge is 0.232 e. The van der Waals surface area contributed by atoms with E-state index in [9.17, 15) is 16.8 Å². The molecule has 8 heteroatoms. The standard InChI is InChI=1S/C10H16N2O4S2/c1-3-17(13,14)11-9-6-5-7-10(8-9)12-18(15,16)4-2/h5-8,11-12H,3-4H2,1-2H3. The number of sulfonamides is 2. The molecule has 2 N–H and O–H groups in total. The van der Waals surface area contributed by atoms with Gasteiger partial charge in [-0.05, 0) is 32.0 Å². The Morgan fingerprint density at radius 1 is 0.889 bits per heavy atom. The van der Waals surface area contributed by atoms with Gasteiger partial charge in [0.05, 0.1) is 22.9 Å². The van der Waals surface area contributed by atoms with Crippen molar-refractivity contribution in [1.29, 1.82) is 0 Å². The van der Waals surface area contributed by atoms with E-state index in [-0.39, 0.29) is 11.5 Å². The van der Waals surface area contributed by atoms with Crippen LogP contribution in [0, 0.1) is 0 Å². The van der Waals surface area contributed by atoms with E-state index in [0.717, 1.165) is 0 Å². The molecule has 0 unspecified atom stereocenters. The summed E-state index contributed by atoms with van der Waals surface area (Å²) in [4.78, 5) is 0. The minimum atomic E-state index is -3.37. The third-order valence-corrected chi connectivity index (χ3v) is 4.78. The lowest BCUT2D eigenvalue weighted by Crippen LogP contribution is -2.16. The van der Waals surface area contributed by atoms with Gasteiger partial charge in [-0.2, -0.15) is 0 Å². The fourth-order valence-corrected chi connectivity index (χ4v) is 2.41. The molecule has 0 bridgehead atoms. The van der Waals surface area contributed by atoms with Gasteiger partial charge in [-0.3, -0.25) is 9.44 Å². The first-order valence-corrected chi connectivity index (χ1v) is 8.69. The Morgan fingerprint density at radius 3 is 1.61 bits per heavy atom. The second-order valence-corrected chi connectivity index (χ2v) is 7.61. The van der Waals surface area contributed by atoms with Gasteiger partial charge in [0.25, 0.3) is 0 Å². The van der Waals surface area contributed by atoms with Crippen molar-refractivity contribution >= 4 is 31.4 Å². The van der Waals surface area contributed by atoms with Crippen molar-refractivity contribution < 1.29 is 16.8 Å². The van der Waals surface area contributed by atoms with Crippen molar-refractivity contribution in [2.24, 2.45) is 0 Å². The van der Waals surface area contributed by atoms with Crippen molar-refractivity contribution in [2.45, 2.75) is 13.8 Å². The molecule has 0 saturated heterocycles. The molecule has 18 heavy (non-hydrogen) atoms. The Kier molecular flexibility index (Phi) is 4.58. The lowest BCUT2D eigenvalue weighted by Gasteiger charge is -2.09. The molecule has 1 aromatic carbocycles. The highest BCUT2D eigenvalue weighted by molar-refractivity contribution is 7.92. The maximum absolute atomic E-state index is 11.4. The molecule has 0 spiro atoms. The average Bonchev–Trinajstić information content (AvgIpc) is 2.28. The zero-order valence-corrected chi connectivity index (χ0v) is 11.8. The number of hydrogen-bond acceptors (Lipinski definition) is 4. The third-order valence-electron chi connectivity index (χ3n) is 2.17. The molecular formula is C10H16N2O4S2. The Balaban J connectivity index is 2.94. The van der Waals surface area contributed by atoms with Crippen molar-refractivity contribution in [3.63, 3.8) is 0 Å². The predicted molar refractivity (Wildman–Crippen MR) is 72.6 cm³/mol. The second kappa shape index (κ2) is 5.57. The first kappa shape index (κ1) is 14.8. The monoisotopic (exact) mass is 292 g/mol. The van der Waals surface area contributed by atoms with E-state index in [0.29, 0.717) is 11.4 Å². The summed E-state index contributed by atoms with van der Waals surface area (Å²) in [7, 11) is -6.73. The molecule has 0 amide bonds. The van der Waals surface area contributed by atoms with Crippen molar-refractivity contribution in [2.75, 3.05) is 20.9 Å². The Labute approximate surface area is 108 Å². The number of nitrogens with one attached hydrogen (secondary N) is 2. The van der Waals surface area contributed by atoms with Gasteiger partial charge in [-0.25, -0.2) is 16.8 Å². The largest absolute Gasteiger partial charge is 0.283 e. The highest BCUT2D eigenvalue weighted by Gasteiger charge is 2.09. The van der Waals surface area contributed by atoms with Gasteiger partial charge in [0.1, 0.15) is 0 Å². The SMILES string of the molecule is CCS(=O)(=O)Nc1cccc(NS(=O)(=O)CC)c1. The number of hydrogen-bond donors (Lipinski definition) is 2. The van der Waals surface area contributed by atoms with Crippen LogP contribution in [0.15, 0.2) is 24.3 Å². The molecule has 0 atom stereocenters. The fourth-order valence-electron chi connectivity index (χ4n) is 1.15. The maximum atomic E-state index is 11.4. The second-order valence-electron chi connectivity index (χ2n) is 3.59. The van der Waals surface area contributed by atoms with Crippen LogP contribution in [-0.2, 0) is 20.0 Å². The molecule has 6 nitrogen and oxygen atoms in total. The van der Waals surface area contributed by atoms with Crippen LogP contribution >= 0.6 is 0 Å². The van der Waals surface area contributed by atoms with Crippen LogP contribution in [0.5, 0.6) is 0 Å². The van der Waals surface area contributed by atoms with E-state index >= 15 is 0 Å². The van der Waals surface area contributed by atoms with Crippen LogP contribution < -0.4 is 9.44 Å². The van der Waals surface area contributed by atoms with Crippen molar-refractivity contribution in [1.82, 2.24) is 0 Å². The van der Waals surface area contributed by atoms with Crippen LogP contribution in [0.3, 0.4) is 0 Å². The summed E-state index contributed by atoms with van der Waals surface area (Å²) < 4.78 is 50.2. The first-order chi connectivity index (χ1) is 8.28. The molecular weight excluding hydrogens is 276 g/mol. The van der Waals surface area contributed by atoms with E-state index in [1.165, 1.54) is 19.9 Å². The molecule has 0 saturated carbocycles. The Bertz CT molecular complexity index is 557. The summed E-state index contributed by atoms with van der Waals surface area (Å²) in [5.74, 6) is -0.0875. The van der Waals surface area contributed by atoms with Gasteiger partial charge < -0.3 is 0 Å². The van der Waals surface area contributed by atoms with E-state index in [1.54, 1.807) is 18.2 Å². The topological polar surface area (TPSA) is 92.3 Å². The summed E-state index contributed by atoms with van der Waals surface area (Å²) in [6.45, 7) is 3.04. The summed E-state index contributed by atoms with van der Waals surface area (Å²) >= 11 is 0. The highest BCUT2D eigenvalue weighted by atomic mass is 32.2. The summed E-state index contributed by atoms with van der Waals surface area (Å²) in [5, 5.41) is 0. The van der Waals surface area contributed by atoms with Crippen molar-refractivity contribution in [3.8, 4) is 0 Å². The molecule has 0 fully saturated rings. The Hall–Kier alpha value is -1.28. The van der Waals surface area contributed by atoms with Crippen LogP contribution in [0.2, 0.25) is 0 Å². The van der Waals surface area contributed by atoms with Gasteiger partial charge in [0.15, 0.2) is 0 Å². The first-order valence-electron chi connectivity index (χ1n) is 5.39. The van der Waals surface area contributed by atoms with Gasteiger partial charge in [-0.1, -0.05) is 6.07 Å². The number of anilines is 2. The molecule has 0 aliphatic rings. The molecule has 0 heterocycles. The van der Waals surface area contributed by atoms with Gasteiger partial charge >= 0.3 is 0 Å². The van der Waals surface area contributed by atoms with Gasteiger partial charge in [0, 0.05) is 0 Å². The average molecular weight is 292 g/mol. The summed E-state index contributed by atoms with van der Waals surface area (Å²) in [6.07, 6.45) is 0. The highest BCUT2D eigenvalue weighted by Crippen LogP contribution is 2.17. The minimum Gasteiger partial charge on any atom is -0.283 e. The summed E-state index contributed by atoms with van der Waals surface area (Å²) in [6, 6.07) is 6.11.